The van der Waals surface area contributed by atoms with E-state index in [-0.39, 0.29) is 11.9 Å². The largest absolute Gasteiger partial charge is 0.491 e. The minimum absolute atomic E-state index is 0.147. The number of halogens is 3. The summed E-state index contributed by atoms with van der Waals surface area (Å²) < 4.78 is 42.8. The minimum Gasteiger partial charge on any atom is -0.491 e. The Bertz CT molecular complexity index is 656. The van der Waals surface area contributed by atoms with Gasteiger partial charge < -0.3 is 10.1 Å². The second kappa shape index (κ2) is 4.91. The number of hydrogen-bond acceptors (Lipinski definition) is 4. The van der Waals surface area contributed by atoms with Gasteiger partial charge in [-0.15, -0.1) is 10.2 Å². The van der Waals surface area contributed by atoms with Crippen LogP contribution in [-0.2, 0) is 6.18 Å². The highest BCUT2D eigenvalue weighted by atomic mass is 19.4. The maximum Gasteiger partial charge on any atom is 0.435 e. The molecule has 1 aliphatic rings. The van der Waals surface area contributed by atoms with Gasteiger partial charge in [0.05, 0.1) is 6.04 Å². The number of anilines is 1. The summed E-state index contributed by atoms with van der Waals surface area (Å²) in [6.07, 6.45) is -4.48. The summed E-state index contributed by atoms with van der Waals surface area (Å²) in [5, 5.41) is 9.79. The van der Waals surface area contributed by atoms with E-state index >= 15 is 0 Å². The van der Waals surface area contributed by atoms with E-state index in [0.717, 1.165) is 22.9 Å². The number of nitrogens with zero attached hydrogens (tertiary/aromatic N) is 2. The molecule has 7 heteroatoms. The molecular formula is C14H12F3N3O. The maximum atomic E-state index is 12.4. The molecule has 1 aliphatic heterocycles. The van der Waals surface area contributed by atoms with E-state index in [9.17, 15) is 13.2 Å². The minimum atomic E-state index is -4.48. The van der Waals surface area contributed by atoms with Crippen LogP contribution in [0.15, 0.2) is 30.3 Å². The molecule has 1 aromatic heterocycles. The number of aryl methyl sites for hydroxylation is 1. The van der Waals surface area contributed by atoms with Gasteiger partial charge in [-0.25, -0.2) is 0 Å². The van der Waals surface area contributed by atoms with Gasteiger partial charge in [0.1, 0.15) is 18.2 Å². The number of aromatic nitrogens is 2. The van der Waals surface area contributed by atoms with E-state index < -0.39 is 11.9 Å². The summed E-state index contributed by atoms with van der Waals surface area (Å²) in [4.78, 5) is 0. The summed E-state index contributed by atoms with van der Waals surface area (Å²) in [5.41, 5.74) is 1.05. The van der Waals surface area contributed by atoms with E-state index in [2.05, 4.69) is 15.5 Å². The normalized spacial score (nSPS) is 17.2. The van der Waals surface area contributed by atoms with Gasteiger partial charge in [-0.3, -0.25) is 0 Å². The molecule has 1 atom stereocenters. The molecule has 1 N–H and O–H groups in total. The fourth-order valence-corrected chi connectivity index (χ4v) is 2.19. The van der Waals surface area contributed by atoms with Gasteiger partial charge in [0, 0.05) is 5.56 Å². The second-order valence-corrected chi connectivity index (χ2v) is 4.85. The first-order chi connectivity index (χ1) is 9.93. The van der Waals surface area contributed by atoms with Crippen LogP contribution in [0, 0.1) is 6.92 Å². The topological polar surface area (TPSA) is 47.0 Å². The van der Waals surface area contributed by atoms with E-state index in [1.165, 1.54) is 6.07 Å². The van der Waals surface area contributed by atoms with Crippen molar-refractivity contribution in [1.29, 1.82) is 0 Å². The zero-order valence-electron chi connectivity index (χ0n) is 11.1. The predicted octanol–water partition coefficient (Wildman–Crippen LogP) is 3.35. The Kier molecular flexibility index (Phi) is 3.19. The number of nitrogens with one attached hydrogen (secondary N) is 1. The fraction of sp³-hybridized carbons (Fsp3) is 0.286. The second-order valence-electron chi connectivity index (χ2n) is 4.85. The van der Waals surface area contributed by atoms with Gasteiger partial charge in [0.2, 0.25) is 0 Å². The zero-order valence-corrected chi connectivity index (χ0v) is 11.1. The van der Waals surface area contributed by atoms with Crippen LogP contribution in [0.2, 0.25) is 0 Å². The van der Waals surface area contributed by atoms with E-state index in [0.29, 0.717) is 6.61 Å². The average Bonchev–Trinajstić information content (AvgIpc) is 2.81. The molecule has 110 valence electrons. The highest BCUT2D eigenvalue weighted by Gasteiger charge is 2.33. The molecule has 0 saturated carbocycles. The van der Waals surface area contributed by atoms with E-state index in [1.807, 2.05) is 25.1 Å². The number of benzene rings is 1. The molecule has 0 bridgehead atoms. The summed E-state index contributed by atoms with van der Waals surface area (Å²) in [7, 11) is 0. The van der Waals surface area contributed by atoms with Crippen LogP contribution in [0.3, 0.4) is 0 Å². The maximum absolute atomic E-state index is 12.4. The number of alkyl halides is 3. The molecule has 0 aliphatic carbocycles. The van der Waals surface area contributed by atoms with Crippen LogP contribution in [-0.4, -0.2) is 16.8 Å². The first kappa shape index (κ1) is 13.7. The Morgan fingerprint density at radius 3 is 2.67 bits per heavy atom. The molecule has 21 heavy (non-hydrogen) atoms. The van der Waals surface area contributed by atoms with Gasteiger partial charge in [-0.05, 0) is 25.1 Å². The summed E-state index contributed by atoms with van der Waals surface area (Å²) in [6.45, 7) is 2.37. The summed E-state index contributed by atoms with van der Waals surface area (Å²) in [6, 6.07) is 7.83. The molecule has 3 rings (SSSR count). The van der Waals surface area contributed by atoms with Crippen LogP contribution in [0.4, 0.5) is 19.0 Å². The number of ether oxygens (including phenoxy) is 1. The van der Waals surface area contributed by atoms with Crippen LogP contribution in [0.25, 0.3) is 0 Å². The molecule has 0 spiro atoms. The quantitative estimate of drug-likeness (QED) is 0.923. The third kappa shape index (κ3) is 2.76. The van der Waals surface area contributed by atoms with Gasteiger partial charge in [-0.2, -0.15) is 13.2 Å². The molecular weight excluding hydrogens is 283 g/mol. The molecule has 1 aromatic carbocycles. The first-order valence-corrected chi connectivity index (χ1v) is 6.34. The van der Waals surface area contributed by atoms with Gasteiger partial charge in [0.15, 0.2) is 5.69 Å². The Balaban J connectivity index is 1.78. The molecule has 0 fully saturated rings. The zero-order chi connectivity index (χ0) is 15.0. The molecule has 2 aromatic rings. The molecule has 1 unspecified atom stereocenters. The van der Waals surface area contributed by atoms with Crippen molar-refractivity contribution in [2.45, 2.75) is 19.1 Å². The summed E-state index contributed by atoms with van der Waals surface area (Å²) >= 11 is 0. The lowest BCUT2D eigenvalue weighted by Crippen LogP contribution is -2.15. The van der Waals surface area contributed by atoms with Crippen molar-refractivity contribution >= 4 is 5.82 Å². The van der Waals surface area contributed by atoms with Crippen LogP contribution in [0.1, 0.15) is 22.9 Å². The van der Waals surface area contributed by atoms with Crippen LogP contribution >= 0.6 is 0 Å². The Labute approximate surface area is 119 Å². The van der Waals surface area contributed by atoms with Crippen LogP contribution in [0.5, 0.6) is 5.75 Å². The Morgan fingerprint density at radius 2 is 2.00 bits per heavy atom. The third-order valence-corrected chi connectivity index (χ3v) is 3.22. The van der Waals surface area contributed by atoms with Crippen molar-refractivity contribution in [1.82, 2.24) is 10.2 Å². The monoisotopic (exact) mass is 295 g/mol. The highest BCUT2D eigenvalue weighted by molar-refractivity contribution is 5.47. The van der Waals surface area contributed by atoms with Crippen molar-refractivity contribution < 1.29 is 17.9 Å². The fourth-order valence-electron chi connectivity index (χ4n) is 2.19. The molecule has 2 heterocycles. The van der Waals surface area contributed by atoms with Crippen molar-refractivity contribution in [2.24, 2.45) is 0 Å². The lowest BCUT2D eigenvalue weighted by atomic mass is 10.1. The summed E-state index contributed by atoms with van der Waals surface area (Å²) in [5.74, 6) is 1.06. The van der Waals surface area contributed by atoms with Crippen molar-refractivity contribution in [3.05, 3.63) is 47.2 Å². The third-order valence-electron chi connectivity index (χ3n) is 3.22. The van der Waals surface area contributed by atoms with Crippen molar-refractivity contribution in [3.8, 4) is 5.75 Å². The molecule has 0 radical (unpaired) electrons. The molecule has 0 saturated heterocycles. The first-order valence-electron chi connectivity index (χ1n) is 6.34. The predicted molar refractivity (Wildman–Crippen MR) is 70.1 cm³/mol. The number of rotatable bonds is 2. The smallest absolute Gasteiger partial charge is 0.435 e. The lowest BCUT2D eigenvalue weighted by molar-refractivity contribution is -0.141. The standard InChI is InChI=1S/C14H12F3N3O/c1-8-2-3-11-9(6-8)10(7-21-11)18-13-5-4-12(19-20-13)14(15,16)17/h2-6,10H,7H2,1H3,(H,18,20). The Morgan fingerprint density at radius 1 is 1.19 bits per heavy atom. The van der Waals surface area contributed by atoms with E-state index in [1.54, 1.807) is 0 Å². The number of fused-ring (bicyclic) bond motifs is 1. The number of hydrogen-bond donors (Lipinski definition) is 1. The highest BCUT2D eigenvalue weighted by Crippen LogP contribution is 2.35. The van der Waals surface area contributed by atoms with Crippen LogP contribution < -0.4 is 10.1 Å². The SMILES string of the molecule is Cc1ccc2c(c1)C(Nc1ccc(C(F)(F)F)nn1)CO2. The van der Waals surface area contributed by atoms with Gasteiger partial charge in [-0.1, -0.05) is 17.7 Å². The van der Waals surface area contributed by atoms with Gasteiger partial charge in [0.25, 0.3) is 0 Å². The van der Waals surface area contributed by atoms with Crippen molar-refractivity contribution in [3.63, 3.8) is 0 Å². The molecule has 4 nitrogen and oxygen atoms in total. The average molecular weight is 295 g/mol. The van der Waals surface area contributed by atoms with E-state index in [4.69, 9.17) is 4.74 Å². The Hall–Kier alpha value is -2.31. The lowest BCUT2D eigenvalue weighted by Gasteiger charge is -2.12. The van der Waals surface area contributed by atoms with Crippen molar-refractivity contribution in [2.75, 3.05) is 11.9 Å². The van der Waals surface area contributed by atoms with Gasteiger partial charge >= 0.3 is 6.18 Å². The molecule has 0 amide bonds.